The average molecular weight is 364 g/mol. The second kappa shape index (κ2) is 8.16. The van der Waals surface area contributed by atoms with Gasteiger partial charge in [0.2, 0.25) is 0 Å². The van der Waals surface area contributed by atoms with Crippen LogP contribution in [0.3, 0.4) is 0 Å². The van der Waals surface area contributed by atoms with Crippen molar-refractivity contribution in [2.24, 2.45) is 11.7 Å². The molecule has 5 N–H and O–H groups in total. The molecule has 0 radical (unpaired) electrons. The first-order valence-electron chi connectivity index (χ1n) is 8.94. The van der Waals surface area contributed by atoms with E-state index in [-0.39, 0.29) is 6.54 Å². The number of allylic oxidation sites excluding steroid dienone is 3. The monoisotopic (exact) mass is 364 g/mol. The molecule has 0 saturated heterocycles. The fraction of sp³-hybridized carbons (Fsp3) is 0.579. The van der Waals surface area contributed by atoms with Gasteiger partial charge >= 0.3 is 5.97 Å². The second-order valence-electron chi connectivity index (χ2n) is 7.07. The Balaban J connectivity index is 2.41. The Labute approximate surface area is 153 Å². The third-order valence-corrected chi connectivity index (χ3v) is 5.15. The molecular weight excluding hydrogens is 336 g/mol. The molecule has 1 aliphatic carbocycles. The van der Waals surface area contributed by atoms with Gasteiger partial charge in [0.1, 0.15) is 6.04 Å². The molecule has 0 amide bonds. The fourth-order valence-electron chi connectivity index (χ4n) is 3.57. The van der Waals surface area contributed by atoms with Gasteiger partial charge in [-0.05, 0) is 63.5 Å². The van der Waals surface area contributed by atoms with Crippen molar-refractivity contribution in [3.05, 3.63) is 35.6 Å². The van der Waals surface area contributed by atoms with Gasteiger partial charge in [-0.2, -0.15) is 0 Å². The Morgan fingerprint density at radius 1 is 1.46 bits per heavy atom. The molecule has 7 heteroatoms. The molecule has 4 unspecified atom stereocenters. The molecule has 0 aromatic heterocycles. The van der Waals surface area contributed by atoms with Crippen LogP contribution in [0.25, 0.3) is 0 Å². The van der Waals surface area contributed by atoms with Crippen LogP contribution in [0.4, 0.5) is 0 Å². The molecule has 7 nitrogen and oxygen atoms in total. The molecule has 4 atom stereocenters. The van der Waals surface area contributed by atoms with E-state index >= 15 is 0 Å². The molecule has 0 aromatic carbocycles. The summed E-state index contributed by atoms with van der Waals surface area (Å²) in [6.45, 7) is 3.84. The quantitative estimate of drug-likeness (QED) is 0.487. The summed E-state index contributed by atoms with van der Waals surface area (Å²) in [4.78, 5) is 25.7. The first kappa shape index (κ1) is 20.4. The topological polar surface area (TPSA) is 124 Å². The highest BCUT2D eigenvalue weighted by atomic mass is 16.4. The van der Waals surface area contributed by atoms with Gasteiger partial charge in [-0.3, -0.25) is 4.79 Å². The number of carbonyl (C=O) groups is 2. The van der Waals surface area contributed by atoms with Crippen LogP contribution >= 0.6 is 0 Å². The fourth-order valence-corrected chi connectivity index (χ4v) is 3.57. The maximum atomic E-state index is 12.1. The number of rotatable bonds is 7. The molecule has 2 aliphatic rings. The molecule has 0 saturated carbocycles. The number of carboxylic acids is 1. The summed E-state index contributed by atoms with van der Waals surface area (Å²) < 4.78 is 0. The molecule has 144 valence electrons. The summed E-state index contributed by atoms with van der Waals surface area (Å²) >= 11 is 0. The van der Waals surface area contributed by atoms with Crippen LogP contribution in [-0.2, 0) is 9.59 Å². The summed E-state index contributed by atoms with van der Waals surface area (Å²) in [6.07, 6.45) is 7.22. The van der Waals surface area contributed by atoms with Crippen molar-refractivity contribution in [2.75, 3.05) is 13.1 Å². The van der Waals surface area contributed by atoms with Crippen molar-refractivity contribution in [2.45, 2.75) is 50.9 Å². The number of nitrogens with two attached hydrogens (primary N) is 1. The molecule has 0 fully saturated rings. The zero-order valence-corrected chi connectivity index (χ0v) is 15.3. The third-order valence-electron chi connectivity index (χ3n) is 5.15. The van der Waals surface area contributed by atoms with E-state index in [0.717, 1.165) is 6.42 Å². The van der Waals surface area contributed by atoms with Crippen molar-refractivity contribution in [1.29, 1.82) is 0 Å². The lowest BCUT2D eigenvalue weighted by Crippen LogP contribution is -2.57. The molecule has 0 aromatic rings. The summed E-state index contributed by atoms with van der Waals surface area (Å²) in [6, 6.07) is -0.764. The van der Waals surface area contributed by atoms with Crippen molar-refractivity contribution in [3.63, 3.8) is 0 Å². The average Bonchev–Trinajstić information content (AvgIpc) is 2.57. The lowest BCUT2D eigenvalue weighted by Gasteiger charge is -2.45. The number of aliphatic hydroxyl groups is 2. The van der Waals surface area contributed by atoms with Gasteiger partial charge in [0.05, 0.1) is 6.10 Å². The number of aliphatic carboxylic acids is 1. The Hall–Kier alpha value is -1.96. The highest BCUT2D eigenvalue weighted by Crippen LogP contribution is 2.37. The van der Waals surface area contributed by atoms with Gasteiger partial charge < -0.3 is 26.0 Å². The lowest BCUT2D eigenvalue weighted by molar-refractivity contribution is -0.151. The van der Waals surface area contributed by atoms with Crippen LogP contribution in [0.2, 0.25) is 0 Å². The van der Waals surface area contributed by atoms with Gasteiger partial charge in [0.25, 0.3) is 0 Å². The van der Waals surface area contributed by atoms with E-state index in [1.165, 1.54) is 13.0 Å². The normalized spacial score (nSPS) is 30.0. The third kappa shape index (κ3) is 3.90. The molecule has 1 heterocycles. The predicted molar refractivity (Wildman–Crippen MR) is 97.1 cm³/mol. The molecule has 2 rings (SSSR count). The number of hydrogen-bond donors (Lipinski definition) is 4. The minimum Gasteiger partial charge on any atom is -0.480 e. The van der Waals surface area contributed by atoms with E-state index in [4.69, 9.17) is 5.73 Å². The summed E-state index contributed by atoms with van der Waals surface area (Å²) in [5.41, 5.74) is 4.93. The number of fused-ring (bicyclic) bond motifs is 1. The smallest absolute Gasteiger partial charge is 0.326 e. The molecule has 1 aliphatic heterocycles. The SMILES string of the molecule is C/C=C\C1=CC2=CC(=O)C(C)(O)C(O)C2CN1C(CCCCN)C(=O)O. The maximum absolute atomic E-state index is 12.1. The highest BCUT2D eigenvalue weighted by Gasteiger charge is 2.48. The van der Waals surface area contributed by atoms with Crippen LogP contribution in [-0.4, -0.2) is 62.8 Å². The number of unbranched alkanes of at least 4 members (excludes halogenated alkanes) is 1. The summed E-state index contributed by atoms with van der Waals surface area (Å²) in [7, 11) is 0. The molecule has 0 bridgehead atoms. The number of ketones is 1. The molecule has 0 spiro atoms. The Kier molecular flexibility index (Phi) is 6.39. The van der Waals surface area contributed by atoms with Gasteiger partial charge in [-0.1, -0.05) is 6.08 Å². The Morgan fingerprint density at radius 3 is 2.73 bits per heavy atom. The van der Waals surface area contributed by atoms with Gasteiger partial charge in [-0.25, -0.2) is 4.79 Å². The van der Waals surface area contributed by atoms with Gasteiger partial charge in [0, 0.05) is 18.2 Å². The minimum atomic E-state index is -1.87. The number of carbonyl (C=O) groups excluding carboxylic acids is 1. The van der Waals surface area contributed by atoms with Crippen molar-refractivity contribution >= 4 is 11.8 Å². The number of carboxylic acid groups (broad SMARTS) is 1. The van der Waals surface area contributed by atoms with Crippen molar-refractivity contribution in [1.82, 2.24) is 4.90 Å². The van der Waals surface area contributed by atoms with Crippen molar-refractivity contribution in [3.8, 4) is 0 Å². The largest absolute Gasteiger partial charge is 0.480 e. The highest BCUT2D eigenvalue weighted by molar-refractivity contribution is 5.99. The number of nitrogens with zero attached hydrogens (tertiary/aromatic N) is 1. The first-order valence-corrected chi connectivity index (χ1v) is 8.94. The van der Waals surface area contributed by atoms with Gasteiger partial charge in [-0.15, -0.1) is 0 Å². The van der Waals surface area contributed by atoms with E-state index in [0.29, 0.717) is 30.7 Å². The second-order valence-corrected chi connectivity index (χ2v) is 7.07. The van der Waals surface area contributed by atoms with Crippen LogP contribution in [0, 0.1) is 5.92 Å². The minimum absolute atomic E-state index is 0.214. The van der Waals surface area contributed by atoms with Crippen LogP contribution < -0.4 is 5.73 Å². The molecular formula is C19H28N2O5. The van der Waals surface area contributed by atoms with E-state index < -0.39 is 35.4 Å². The lowest BCUT2D eigenvalue weighted by atomic mass is 9.73. The van der Waals surface area contributed by atoms with E-state index in [1.807, 2.05) is 6.92 Å². The van der Waals surface area contributed by atoms with Crippen LogP contribution in [0.15, 0.2) is 35.6 Å². The summed E-state index contributed by atoms with van der Waals surface area (Å²) in [5, 5.41) is 30.5. The van der Waals surface area contributed by atoms with Crippen LogP contribution in [0.1, 0.15) is 33.1 Å². The number of hydrogen-bond acceptors (Lipinski definition) is 6. The zero-order chi connectivity index (χ0) is 19.5. The van der Waals surface area contributed by atoms with Gasteiger partial charge in [0.15, 0.2) is 11.4 Å². The summed E-state index contributed by atoms with van der Waals surface area (Å²) in [5.74, 6) is -2.02. The molecule has 26 heavy (non-hydrogen) atoms. The standard InChI is InChI=1S/C19H28N2O5/c1-3-6-13-9-12-10-16(22)19(2,26)17(23)14(12)11-21(13)15(18(24)25)7-4-5-8-20/h3,6,9-10,14-15,17,23,26H,4-5,7-8,11,20H2,1-2H3,(H,24,25)/b6-3-. The van der Waals surface area contributed by atoms with E-state index in [9.17, 15) is 24.9 Å². The Bertz CT molecular complexity index is 650. The van der Waals surface area contributed by atoms with E-state index in [2.05, 4.69) is 0 Å². The predicted octanol–water partition coefficient (Wildman–Crippen LogP) is 0.581. The first-order chi connectivity index (χ1) is 12.2. The van der Waals surface area contributed by atoms with E-state index in [1.54, 1.807) is 23.1 Å². The maximum Gasteiger partial charge on any atom is 0.326 e. The van der Waals surface area contributed by atoms with Crippen LogP contribution in [0.5, 0.6) is 0 Å². The Morgan fingerprint density at radius 2 is 2.15 bits per heavy atom. The van der Waals surface area contributed by atoms with Crippen molar-refractivity contribution < 1.29 is 24.9 Å². The zero-order valence-electron chi connectivity index (χ0n) is 15.3. The number of aliphatic hydroxyl groups excluding tert-OH is 1.